The fourth-order valence-electron chi connectivity index (χ4n) is 3.60. The summed E-state index contributed by atoms with van der Waals surface area (Å²) in [7, 11) is 0. The van der Waals surface area contributed by atoms with E-state index < -0.39 is 11.5 Å². The van der Waals surface area contributed by atoms with Crippen LogP contribution in [0.15, 0.2) is 69.9 Å². The maximum Gasteiger partial charge on any atom is 0.349 e. The minimum absolute atomic E-state index is 0.0380. The first kappa shape index (κ1) is 17.5. The number of hydrogen-bond donors (Lipinski definition) is 1. The fourth-order valence-corrected chi connectivity index (χ4v) is 3.60. The second-order valence-corrected chi connectivity index (χ2v) is 6.93. The summed E-state index contributed by atoms with van der Waals surface area (Å²) in [5.74, 6) is -0.400. The summed E-state index contributed by atoms with van der Waals surface area (Å²) in [6.45, 7) is 2.81. The molecule has 1 N–H and O–H groups in total. The Balaban J connectivity index is 1.61. The number of nitrogens with zero attached hydrogens (tertiary/aromatic N) is 1. The summed E-state index contributed by atoms with van der Waals surface area (Å²) in [5, 5.41) is 3.78. The van der Waals surface area contributed by atoms with Crippen molar-refractivity contribution in [2.75, 3.05) is 19.6 Å². The number of rotatable bonds is 5. The molecule has 1 amide bonds. The first-order chi connectivity index (χ1) is 13.2. The molecule has 138 valence electrons. The largest absolute Gasteiger partial charge is 0.422 e. The van der Waals surface area contributed by atoms with Crippen LogP contribution in [0.2, 0.25) is 0 Å². The zero-order valence-electron chi connectivity index (χ0n) is 15.1. The van der Waals surface area contributed by atoms with Crippen molar-refractivity contribution in [1.29, 1.82) is 0 Å². The average Bonchev–Trinajstić information content (AvgIpc) is 3.20. The third-order valence-electron chi connectivity index (χ3n) is 5.03. The molecule has 4 rings (SSSR count). The third kappa shape index (κ3) is 3.93. The highest BCUT2D eigenvalue weighted by atomic mass is 16.4. The van der Waals surface area contributed by atoms with Crippen LogP contribution in [-0.2, 0) is 0 Å². The number of fused-ring (bicyclic) bond motifs is 1. The molecule has 2 heterocycles. The van der Waals surface area contributed by atoms with Crippen molar-refractivity contribution in [1.82, 2.24) is 10.2 Å². The van der Waals surface area contributed by atoms with E-state index in [1.807, 2.05) is 42.5 Å². The molecule has 1 aliphatic heterocycles. The summed E-state index contributed by atoms with van der Waals surface area (Å²) in [4.78, 5) is 27.5. The topological polar surface area (TPSA) is 62.6 Å². The van der Waals surface area contributed by atoms with Crippen molar-refractivity contribution in [3.8, 4) is 0 Å². The normalized spacial score (nSPS) is 15.7. The van der Waals surface area contributed by atoms with Gasteiger partial charge >= 0.3 is 5.63 Å². The molecular formula is C22H22N2O3. The second kappa shape index (κ2) is 7.76. The molecule has 0 bridgehead atoms. The SMILES string of the molecule is O=C(NC(CN1CCCC1)c1ccccc1)c1cc2ccccc2oc1=O. The number of nitrogens with one attached hydrogen (secondary N) is 1. The van der Waals surface area contributed by atoms with Crippen LogP contribution in [0, 0.1) is 0 Å². The van der Waals surface area contributed by atoms with E-state index >= 15 is 0 Å². The number of para-hydroxylation sites is 1. The van der Waals surface area contributed by atoms with Gasteiger partial charge in [-0.15, -0.1) is 0 Å². The molecule has 1 aliphatic rings. The van der Waals surface area contributed by atoms with Crippen molar-refractivity contribution in [3.05, 3.63) is 82.2 Å². The lowest BCUT2D eigenvalue weighted by atomic mass is 10.1. The summed E-state index contributed by atoms with van der Waals surface area (Å²) >= 11 is 0. The summed E-state index contributed by atoms with van der Waals surface area (Å²) in [6, 6.07) is 18.5. The number of likely N-dealkylation sites (tertiary alicyclic amines) is 1. The Labute approximate surface area is 157 Å². The van der Waals surface area contributed by atoms with Gasteiger partial charge in [-0.05, 0) is 43.6 Å². The first-order valence-electron chi connectivity index (χ1n) is 9.32. The van der Waals surface area contributed by atoms with Crippen LogP contribution in [0.25, 0.3) is 11.0 Å². The molecule has 1 aromatic heterocycles. The predicted molar refractivity (Wildman–Crippen MR) is 105 cm³/mol. The van der Waals surface area contributed by atoms with E-state index in [-0.39, 0.29) is 11.6 Å². The molecule has 2 aromatic carbocycles. The van der Waals surface area contributed by atoms with Gasteiger partial charge in [0.05, 0.1) is 6.04 Å². The molecule has 0 aliphatic carbocycles. The lowest BCUT2D eigenvalue weighted by Gasteiger charge is -2.24. The molecule has 5 nitrogen and oxygen atoms in total. The van der Waals surface area contributed by atoms with Crippen LogP contribution in [0.1, 0.15) is 34.8 Å². The van der Waals surface area contributed by atoms with Crippen LogP contribution in [0.5, 0.6) is 0 Å². The van der Waals surface area contributed by atoms with Crippen molar-refractivity contribution in [2.45, 2.75) is 18.9 Å². The van der Waals surface area contributed by atoms with Crippen LogP contribution in [-0.4, -0.2) is 30.4 Å². The Morgan fingerprint density at radius 3 is 2.52 bits per heavy atom. The number of hydrogen-bond acceptors (Lipinski definition) is 4. The number of amides is 1. The second-order valence-electron chi connectivity index (χ2n) is 6.93. The number of carbonyl (C=O) groups is 1. The fraction of sp³-hybridized carbons (Fsp3) is 0.273. The predicted octanol–water partition coefficient (Wildman–Crippen LogP) is 3.36. The lowest BCUT2D eigenvalue weighted by molar-refractivity contribution is 0.0923. The average molecular weight is 362 g/mol. The van der Waals surface area contributed by atoms with Gasteiger partial charge in [-0.25, -0.2) is 4.79 Å². The molecule has 0 radical (unpaired) electrons. The first-order valence-corrected chi connectivity index (χ1v) is 9.32. The maximum absolute atomic E-state index is 12.9. The van der Waals surface area contributed by atoms with E-state index in [1.165, 1.54) is 12.8 Å². The monoisotopic (exact) mass is 362 g/mol. The Bertz CT molecular complexity index is 991. The van der Waals surface area contributed by atoms with Gasteiger partial charge in [0.25, 0.3) is 5.91 Å². The molecular weight excluding hydrogens is 340 g/mol. The van der Waals surface area contributed by atoms with Gasteiger partial charge < -0.3 is 14.6 Å². The smallest absolute Gasteiger partial charge is 0.349 e. The van der Waals surface area contributed by atoms with Crippen LogP contribution >= 0.6 is 0 Å². The Hall–Kier alpha value is -2.92. The van der Waals surface area contributed by atoms with Crippen molar-refractivity contribution in [3.63, 3.8) is 0 Å². The highest BCUT2D eigenvalue weighted by molar-refractivity contribution is 5.96. The zero-order chi connectivity index (χ0) is 18.6. The molecule has 27 heavy (non-hydrogen) atoms. The van der Waals surface area contributed by atoms with Crippen LogP contribution in [0.3, 0.4) is 0 Å². The van der Waals surface area contributed by atoms with Gasteiger partial charge in [-0.1, -0.05) is 48.5 Å². The Morgan fingerprint density at radius 1 is 1.04 bits per heavy atom. The molecule has 3 aromatic rings. The molecule has 1 unspecified atom stereocenters. The van der Waals surface area contributed by atoms with Crippen LogP contribution < -0.4 is 10.9 Å². The third-order valence-corrected chi connectivity index (χ3v) is 5.03. The summed E-state index contributed by atoms with van der Waals surface area (Å²) in [5.41, 5.74) is 0.939. The standard InChI is InChI=1S/C22H22N2O3/c25-21(18-14-17-10-4-5-11-20(17)27-22(18)26)23-19(15-24-12-6-7-13-24)16-8-2-1-3-9-16/h1-5,8-11,14,19H,6-7,12-13,15H2,(H,23,25). The van der Waals surface area contributed by atoms with E-state index in [0.717, 1.165) is 30.6 Å². The maximum atomic E-state index is 12.9. The molecule has 1 saturated heterocycles. The van der Waals surface area contributed by atoms with Gasteiger partial charge in [0.2, 0.25) is 0 Å². The number of carbonyl (C=O) groups excluding carboxylic acids is 1. The minimum atomic E-state index is -0.612. The molecule has 1 fully saturated rings. The van der Waals surface area contributed by atoms with Gasteiger partial charge in [-0.3, -0.25) is 4.79 Å². The van der Waals surface area contributed by atoms with Crippen molar-refractivity contribution < 1.29 is 9.21 Å². The van der Waals surface area contributed by atoms with E-state index in [1.54, 1.807) is 18.2 Å². The van der Waals surface area contributed by atoms with Crippen molar-refractivity contribution in [2.24, 2.45) is 0 Å². The minimum Gasteiger partial charge on any atom is -0.422 e. The van der Waals surface area contributed by atoms with E-state index in [0.29, 0.717) is 5.58 Å². The molecule has 0 spiro atoms. The van der Waals surface area contributed by atoms with E-state index in [9.17, 15) is 9.59 Å². The highest BCUT2D eigenvalue weighted by Crippen LogP contribution is 2.19. The van der Waals surface area contributed by atoms with Gasteiger partial charge in [0.15, 0.2) is 0 Å². The zero-order valence-corrected chi connectivity index (χ0v) is 15.1. The Kier molecular flexibility index (Phi) is 5.03. The quantitative estimate of drug-likeness (QED) is 0.707. The molecule has 5 heteroatoms. The summed E-state index contributed by atoms with van der Waals surface area (Å²) in [6.07, 6.45) is 2.37. The van der Waals surface area contributed by atoms with Gasteiger partial charge in [-0.2, -0.15) is 0 Å². The van der Waals surface area contributed by atoms with Gasteiger partial charge in [0.1, 0.15) is 11.1 Å². The number of benzene rings is 2. The van der Waals surface area contributed by atoms with Crippen molar-refractivity contribution >= 4 is 16.9 Å². The van der Waals surface area contributed by atoms with E-state index in [2.05, 4.69) is 10.2 Å². The lowest BCUT2D eigenvalue weighted by Crippen LogP contribution is -2.38. The summed E-state index contributed by atoms with van der Waals surface area (Å²) < 4.78 is 5.31. The van der Waals surface area contributed by atoms with Crippen LogP contribution in [0.4, 0.5) is 0 Å². The highest BCUT2D eigenvalue weighted by Gasteiger charge is 2.23. The van der Waals surface area contributed by atoms with Gasteiger partial charge in [0, 0.05) is 11.9 Å². The molecule has 1 atom stereocenters. The molecule has 0 saturated carbocycles. The Morgan fingerprint density at radius 2 is 1.74 bits per heavy atom. The van der Waals surface area contributed by atoms with E-state index in [4.69, 9.17) is 4.42 Å².